The van der Waals surface area contributed by atoms with Crippen molar-refractivity contribution >= 4 is 28.4 Å². The van der Waals surface area contributed by atoms with E-state index in [4.69, 9.17) is 11.6 Å². The third kappa shape index (κ3) is 4.25. The van der Waals surface area contributed by atoms with Crippen LogP contribution in [-0.4, -0.2) is 32.4 Å². The van der Waals surface area contributed by atoms with Crippen molar-refractivity contribution in [3.8, 4) is 0 Å². The monoisotopic (exact) mass is 316 g/mol. The van der Waals surface area contributed by atoms with E-state index in [1.165, 1.54) is 11.6 Å². The van der Waals surface area contributed by atoms with Gasteiger partial charge in [-0.3, -0.25) is 24.4 Å². The van der Waals surface area contributed by atoms with Crippen molar-refractivity contribution in [1.29, 1.82) is 0 Å². The number of nitro groups is 1. The number of halogens is 1. The van der Waals surface area contributed by atoms with Crippen molar-refractivity contribution in [1.82, 2.24) is 15.1 Å². The molecule has 0 aliphatic rings. The number of aromatic nitrogens is 2. The molecule has 1 rings (SSSR count). The minimum atomic E-state index is -0.677. The van der Waals surface area contributed by atoms with Gasteiger partial charge in [0.15, 0.2) is 0 Å². The van der Waals surface area contributed by atoms with Crippen LogP contribution in [0, 0.1) is 24.0 Å². The van der Waals surface area contributed by atoms with Crippen LogP contribution < -0.4 is 5.32 Å². The molecule has 1 aromatic heterocycles. The summed E-state index contributed by atoms with van der Waals surface area (Å²) < 4.78 is 1.33. The number of nitrogens with one attached hydrogen (secondary N) is 1. The molecule has 0 saturated carbocycles. The van der Waals surface area contributed by atoms with Gasteiger partial charge in [-0.05, 0) is 38.8 Å². The summed E-state index contributed by atoms with van der Waals surface area (Å²) in [4.78, 5) is 33.0. The number of aryl methyl sites for hydroxylation is 1. The summed E-state index contributed by atoms with van der Waals surface area (Å²) in [6.45, 7) is 4.99. The maximum Gasteiger partial charge on any atom is 0.312 e. The molecule has 1 unspecified atom stereocenters. The van der Waals surface area contributed by atoms with E-state index in [0.29, 0.717) is 18.7 Å². The Morgan fingerprint density at radius 2 is 2.10 bits per heavy atom. The fraction of sp³-hybridized carbons (Fsp3) is 0.583. The maximum absolute atomic E-state index is 12.0. The fourth-order valence-corrected chi connectivity index (χ4v) is 2.13. The lowest BCUT2D eigenvalue weighted by Crippen LogP contribution is -2.32. The Kier molecular flexibility index (Phi) is 5.83. The van der Waals surface area contributed by atoms with Crippen LogP contribution in [0.3, 0.4) is 0 Å². The fourth-order valence-electron chi connectivity index (χ4n) is 1.99. The van der Waals surface area contributed by atoms with E-state index in [-0.39, 0.29) is 23.7 Å². The van der Waals surface area contributed by atoms with E-state index in [0.717, 1.165) is 0 Å². The standard InChI is InChI=1S/C12H17ClN4O4/c1-7-11(17(20)21)8(2)16(15-7)9(3)12(19)14-6-4-5-10(13)18/h9H,4-6H2,1-3H3,(H,14,19). The van der Waals surface area contributed by atoms with Crippen molar-refractivity contribution in [2.24, 2.45) is 0 Å². The van der Waals surface area contributed by atoms with E-state index < -0.39 is 16.2 Å². The SMILES string of the molecule is Cc1nn(C(C)C(=O)NCCCC(=O)Cl)c(C)c1[N+](=O)[O-]. The molecular formula is C12H17ClN4O4. The lowest BCUT2D eigenvalue weighted by molar-refractivity contribution is -0.386. The normalized spacial score (nSPS) is 12.0. The van der Waals surface area contributed by atoms with E-state index >= 15 is 0 Å². The molecule has 0 bridgehead atoms. The average molecular weight is 317 g/mol. The molecule has 9 heteroatoms. The number of rotatable bonds is 7. The molecule has 0 aliphatic heterocycles. The maximum atomic E-state index is 12.0. The molecule has 1 N–H and O–H groups in total. The van der Waals surface area contributed by atoms with Crippen LogP contribution in [0.2, 0.25) is 0 Å². The topological polar surface area (TPSA) is 107 Å². The second kappa shape index (κ2) is 7.16. The first kappa shape index (κ1) is 17.1. The van der Waals surface area contributed by atoms with Gasteiger partial charge in [0.2, 0.25) is 11.1 Å². The molecule has 116 valence electrons. The zero-order valence-corrected chi connectivity index (χ0v) is 12.8. The number of carbonyl (C=O) groups is 2. The Bertz CT molecular complexity index is 570. The molecule has 0 fully saturated rings. The Morgan fingerprint density at radius 3 is 2.57 bits per heavy atom. The zero-order valence-electron chi connectivity index (χ0n) is 12.1. The summed E-state index contributed by atoms with van der Waals surface area (Å²) in [5.74, 6) is -0.322. The Balaban J connectivity index is 2.73. The third-order valence-electron chi connectivity index (χ3n) is 3.07. The summed E-state index contributed by atoms with van der Waals surface area (Å²) in [7, 11) is 0. The van der Waals surface area contributed by atoms with Crippen LogP contribution in [0.15, 0.2) is 0 Å². The van der Waals surface area contributed by atoms with Crippen LogP contribution in [0.25, 0.3) is 0 Å². The van der Waals surface area contributed by atoms with Gasteiger partial charge in [0.25, 0.3) is 0 Å². The molecule has 21 heavy (non-hydrogen) atoms. The summed E-state index contributed by atoms with van der Waals surface area (Å²) in [5, 5.41) is 17.2. The number of amides is 1. The zero-order chi connectivity index (χ0) is 16.2. The first-order valence-electron chi connectivity index (χ1n) is 6.41. The van der Waals surface area contributed by atoms with Gasteiger partial charge in [-0.25, -0.2) is 0 Å². The molecule has 0 radical (unpaired) electrons. The molecule has 1 heterocycles. The smallest absolute Gasteiger partial charge is 0.312 e. The summed E-state index contributed by atoms with van der Waals surface area (Å²) in [6.07, 6.45) is 0.625. The Labute approximate surface area is 126 Å². The molecule has 0 saturated heterocycles. The second-order valence-electron chi connectivity index (χ2n) is 4.65. The number of carbonyl (C=O) groups excluding carboxylic acids is 2. The first-order chi connectivity index (χ1) is 9.75. The average Bonchev–Trinajstić information content (AvgIpc) is 2.68. The highest BCUT2D eigenvalue weighted by molar-refractivity contribution is 6.63. The minimum absolute atomic E-state index is 0.0811. The van der Waals surface area contributed by atoms with E-state index in [9.17, 15) is 19.7 Å². The van der Waals surface area contributed by atoms with E-state index in [1.54, 1.807) is 13.8 Å². The van der Waals surface area contributed by atoms with Gasteiger partial charge >= 0.3 is 5.69 Å². The van der Waals surface area contributed by atoms with E-state index in [2.05, 4.69) is 10.4 Å². The first-order valence-corrected chi connectivity index (χ1v) is 6.79. The Hall–Kier alpha value is -1.96. The predicted molar refractivity (Wildman–Crippen MR) is 76.2 cm³/mol. The van der Waals surface area contributed by atoms with Gasteiger partial charge in [0, 0.05) is 13.0 Å². The van der Waals surface area contributed by atoms with Crippen molar-refractivity contribution in [3.63, 3.8) is 0 Å². The predicted octanol–water partition coefficient (Wildman–Crippen LogP) is 1.63. The van der Waals surface area contributed by atoms with Crippen molar-refractivity contribution < 1.29 is 14.5 Å². The van der Waals surface area contributed by atoms with Crippen molar-refractivity contribution in [2.45, 2.75) is 39.7 Å². The molecule has 0 spiro atoms. The summed E-state index contributed by atoms with van der Waals surface area (Å²) in [5.41, 5.74) is 0.517. The molecule has 1 aromatic rings. The second-order valence-corrected chi connectivity index (χ2v) is 5.07. The van der Waals surface area contributed by atoms with Gasteiger partial charge in [0.1, 0.15) is 17.4 Å². The Morgan fingerprint density at radius 1 is 1.48 bits per heavy atom. The minimum Gasteiger partial charge on any atom is -0.354 e. The van der Waals surface area contributed by atoms with Crippen LogP contribution in [0.1, 0.15) is 37.2 Å². The number of nitrogens with zero attached hydrogens (tertiary/aromatic N) is 3. The molecule has 0 aromatic carbocycles. The highest BCUT2D eigenvalue weighted by Crippen LogP contribution is 2.24. The van der Waals surface area contributed by atoms with Gasteiger partial charge < -0.3 is 5.32 Å². The van der Waals surface area contributed by atoms with Gasteiger partial charge in [-0.2, -0.15) is 5.10 Å². The summed E-state index contributed by atoms with van der Waals surface area (Å²) in [6, 6.07) is -0.677. The van der Waals surface area contributed by atoms with Crippen LogP contribution in [-0.2, 0) is 9.59 Å². The van der Waals surface area contributed by atoms with Crippen LogP contribution in [0.4, 0.5) is 5.69 Å². The number of hydrogen-bond acceptors (Lipinski definition) is 5. The molecule has 0 aliphatic carbocycles. The largest absolute Gasteiger partial charge is 0.354 e. The quantitative estimate of drug-likeness (QED) is 0.356. The van der Waals surface area contributed by atoms with Gasteiger partial charge in [0.05, 0.1) is 4.92 Å². The third-order valence-corrected chi connectivity index (χ3v) is 3.25. The van der Waals surface area contributed by atoms with Crippen LogP contribution in [0.5, 0.6) is 0 Å². The van der Waals surface area contributed by atoms with Crippen LogP contribution >= 0.6 is 11.6 Å². The lowest BCUT2D eigenvalue weighted by atomic mass is 10.2. The van der Waals surface area contributed by atoms with Gasteiger partial charge in [-0.15, -0.1) is 0 Å². The molecule has 1 amide bonds. The lowest BCUT2D eigenvalue weighted by Gasteiger charge is -2.13. The molecule has 8 nitrogen and oxygen atoms in total. The summed E-state index contributed by atoms with van der Waals surface area (Å²) >= 11 is 5.19. The highest BCUT2D eigenvalue weighted by atomic mass is 35.5. The molecular weight excluding hydrogens is 300 g/mol. The van der Waals surface area contributed by atoms with E-state index in [1.807, 2.05) is 0 Å². The van der Waals surface area contributed by atoms with Crippen molar-refractivity contribution in [3.05, 3.63) is 21.5 Å². The molecule has 1 atom stereocenters. The van der Waals surface area contributed by atoms with Crippen molar-refractivity contribution in [2.75, 3.05) is 6.54 Å². The number of hydrogen-bond donors (Lipinski definition) is 1. The highest BCUT2D eigenvalue weighted by Gasteiger charge is 2.26. The van der Waals surface area contributed by atoms with Gasteiger partial charge in [-0.1, -0.05) is 0 Å².